The van der Waals surface area contributed by atoms with E-state index < -0.39 is 0 Å². The van der Waals surface area contributed by atoms with Gasteiger partial charge >= 0.3 is 0 Å². The van der Waals surface area contributed by atoms with Gasteiger partial charge in [0, 0.05) is 13.1 Å². The Labute approximate surface area is 127 Å². The van der Waals surface area contributed by atoms with Crippen molar-refractivity contribution in [2.24, 2.45) is 11.8 Å². The van der Waals surface area contributed by atoms with Crippen LogP contribution < -0.4 is 0 Å². The van der Waals surface area contributed by atoms with E-state index in [1.165, 1.54) is 77.8 Å². The maximum Gasteiger partial charge on any atom is 0.00219 e. The summed E-state index contributed by atoms with van der Waals surface area (Å²) in [5, 5.41) is 0. The van der Waals surface area contributed by atoms with Crippen molar-refractivity contribution < 1.29 is 0 Å². The Morgan fingerprint density at radius 2 is 1.63 bits per heavy atom. The van der Waals surface area contributed by atoms with Crippen LogP contribution in [-0.2, 0) is 0 Å². The fourth-order valence-corrected chi connectivity index (χ4v) is 3.45. The van der Waals surface area contributed by atoms with Crippen molar-refractivity contribution in [1.82, 2.24) is 9.80 Å². The summed E-state index contributed by atoms with van der Waals surface area (Å²) < 4.78 is 0. The van der Waals surface area contributed by atoms with E-state index in [1.54, 1.807) is 0 Å². The van der Waals surface area contributed by atoms with Crippen LogP contribution in [0.25, 0.3) is 0 Å². The van der Waals surface area contributed by atoms with Crippen LogP contribution in [0.2, 0.25) is 0 Å². The molecule has 2 nitrogen and oxygen atoms in total. The van der Waals surface area contributed by atoms with E-state index in [-0.39, 0.29) is 13.5 Å². The summed E-state index contributed by atoms with van der Waals surface area (Å²) in [7, 11) is 0. The van der Waals surface area contributed by atoms with Gasteiger partial charge in [0.15, 0.2) is 0 Å². The molecule has 2 saturated heterocycles. The van der Waals surface area contributed by atoms with Crippen molar-refractivity contribution in [2.45, 2.75) is 52.4 Å². The van der Waals surface area contributed by atoms with E-state index in [4.69, 9.17) is 0 Å². The molecule has 2 fully saturated rings. The van der Waals surface area contributed by atoms with Crippen LogP contribution in [0.1, 0.15) is 52.4 Å². The van der Waals surface area contributed by atoms with Crippen molar-refractivity contribution in [3.8, 4) is 0 Å². The molecule has 114 valence electrons. The molecule has 0 N–H and O–H groups in total. The first-order valence-corrected chi connectivity index (χ1v) is 8.19. The fourth-order valence-electron chi connectivity index (χ4n) is 3.45. The Morgan fingerprint density at radius 1 is 0.947 bits per heavy atom. The third-order valence-corrected chi connectivity index (χ3v) is 4.59. The molecule has 0 aromatic rings. The first-order valence-electron chi connectivity index (χ1n) is 8.19. The molecular weight excluding hydrogens is 252 g/mol. The number of hydrogen-bond donors (Lipinski definition) is 0. The molecule has 0 bridgehead atoms. The predicted molar refractivity (Wildman–Crippen MR) is 89.3 cm³/mol. The highest BCUT2D eigenvalue weighted by Gasteiger charge is 2.22. The SMILES string of the molecule is CC(C)CCN1CCC[C@@H](CN2CCCCC2)C1.S. The topological polar surface area (TPSA) is 6.48 Å². The highest BCUT2D eigenvalue weighted by molar-refractivity contribution is 7.59. The minimum absolute atomic E-state index is 0. The first-order chi connectivity index (χ1) is 8.74. The number of piperidine rings is 2. The van der Waals surface area contributed by atoms with Crippen molar-refractivity contribution in [3.05, 3.63) is 0 Å². The molecule has 0 aromatic heterocycles. The fraction of sp³-hybridized carbons (Fsp3) is 1.00. The number of likely N-dealkylation sites (tertiary alicyclic amines) is 2. The van der Waals surface area contributed by atoms with Crippen molar-refractivity contribution in [3.63, 3.8) is 0 Å². The Balaban J connectivity index is 0.00000180. The molecule has 2 aliphatic rings. The molecule has 3 heteroatoms. The highest BCUT2D eigenvalue weighted by atomic mass is 32.1. The second kappa shape index (κ2) is 9.25. The van der Waals surface area contributed by atoms with E-state index in [9.17, 15) is 0 Å². The molecular formula is C16H34N2S. The first kappa shape index (κ1) is 17.3. The normalized spacial score (nSPS) is 26.4. The quantitative estimate of drug-likeness (QED) is 0.765. The van der Waals surface area contributed by atoms with Crippen LogP contribution in [0.4, 0.5) is 0 Å². The molecule has 2 heterocycles. The molecule has 0 amide bonds. The number of rotatable bonds is 5. The minimum atomic E-state index is 0. The largest absolute Gasteiger partial charge is 0.303 e. The second-order valence-electron chi connectivity index (χ2n) is 6.85. The molecule has 2 rings (SSSR count). The van der Waals surface area contributed by atoms with Gasteiger partial charge in [0.1, 0.15) is 0 Å². The summed E-state index contributed by atoms with van der Waals surface area (Å²) in [6.07, 6.45) is 8.59. The lowest BCUT2D eigenvalue weighted by Crippen LogP contribution is -2.42. The summed E-state index contributed by atoms with van der Waals surface area (Å²) in [5.74, 6) is 1.80. The van der Waals surface area contributed by atoms with Gasteiger partial charge in [0.25, 0.3) is 0 Å². The molecule has 0 saturated carbocycles. The zero-order valence-corrected chi connectivity index (χ0v) is 14.0. The van der Waals surface area contributed by atoms with Crippen LogP contribution >= 0.6 is 13.5 Å². The van der Waals surface area contributed by atoms with Crippen LogP contribution in [-0.4, -0.2) is 49.1 Å². The van der Waals surface area contributed by atoms with Crippen molar-refractivity contribution in [1.29, 1.82) is 0 Å². The Bertz CT molecular complexity index is 227. The van der Waals surface area contributed by atoms with Gasteiger partial charge in [0.05, 0.1) is 0 Å². The molecule has 0 spiro atoms. The van der Waals surface area contributed by atoms with E-state index in [1.807, 2.05) is 0 Å². The summed E-state index contributed by atoms with van der Waals surface area (Å²) in [4.78, 5) is 5.44. The van der Waals surface area contributed by atoms with Crippen molar-refractivity contribution >= 4 is 13.5 Å². The predicted octanol–water partition coefficient (Wildman–Crippen LogP) is 3.34. The van der Waals surface area contributed by atoms with Gasteiger partial charge in [-0.05, 0) is 70.1 Å². The summed E-state index contributed by atoms with van der Waals surface area (Å²) in [6.45, 7) is 12.8. The monoisotopic (exact) mass is 286 g/mol. The Kier molecular flexibility index (Phi) is 8.43. The third kappa shape index (κ3) is 6.50. The van der Waals surface area contributed by atoms with Gasteiger partial charge in [-0.15, -0.1) is 0 Å². The van der Waals surface area contributed by atoms with E-state index >= 15 is 0 Å². The van der Waals surface area contributed by atoms with Gasteiger partial charge in [-0.2, -0.15) is 13.5 Å². The number of nitrogens with zero attached hydrogens (tertiary/aromatic N) is 2. The Hall–Kier alpha value is 0.270. The van der Waals surface area contributed by atoms with E-state index in [0.29, 0.717) is 0 Å². The molecule has 0 aliphatic carbocycles. The Morgan fingerprint density at radius 3 is 2.32 bits per heavy atom. The van der Waals surface area contributed by atoms with Gasteiger partial charge in [-0.1, -0.05) is 20.3 Å². The summed E-state index contributed by atoms with van der Waals surface area (Å²) >= 11 is 0. The second-order valence-corrected chi connectivity index (χ2v) is 6.85. The van der Waals surface area contributed by atoms with Gasteiger partial charge in [-0.25, -0.2) is 0 Å². The molecule has 0 aromatic carbocycles. The molecule has 1 atom stereocenters. The van der Waals surface area contributed by atoms with Crippen molar-refractivity contribution in [2.75, 3.05) is 39.3 Å². The minimum Gasteiger partial charge on any atom is -0.303 e. The molecule has 2 aliphatic heterocycles. The lowest BCUT2D eigenvalue weighted by Gasteiger charge is -2.37. The highest BCUT2D eigenvalue weighted by Crippen LogP contribution is 2.20. The zero-order chi connectivity index (χ0) is 12.8. The van der Waals surface area contributed by atoms with E-state index in [0.717, 1.165) is 11.8 Å². The summed E-state index contributed by atoms with van der Waals surface area (Å²) in [6, 6.07) is 0. The lowest BCUT2D eigenvalue weighted by molar-refractivity contribution is 0.119. The summed E-state index contributed by atoms with van der Waals surface area (Å²) in [5.41, 5.74) is 0. The van der Waals surface area contributed by atoms with Crippen LogP contribution in [0.5, 0.6) is 0 Å². The average molecular weight is 287 g/mol. The standard InChI is InChI=1S/C16H32N2.H2S/c1-15(2)8-12-18-11-6-7-16(14-18)13-17-9-4-3-5-10-17;/h15-16H,3-14H2,1-2H3;1H2/t16-;/m0./s1. The van der Waals surface area contributed by atoms with Gasteiger partial charge < -0.3 is 9.80 Å². The zero-order valence-electron chi connectivity index (χ0n) is 13.0. The average Bonchev–Trinajstić information content (AvgIpc) is 2.38. The maximum atomic E-state index is 2.72. The molecule has 19 heavy (non-hydrogen) atoms. The molecule has 0 unspecified atom stereocenters. The number of hydrogen-bond acceptors (Lipinski definition) is 2. The smallest absolute Gasteiger partial charge is 0.00219 e. The van der Waals surface area contributed by atoms with E-state index in [2.05, 4.69) is 23.6 Å². The lowest BCUT2D eigenvalue weighted by atomic mass is 9.96. The van der Waals surface area contributed by atoms with Crippen LogP contribution in [0.15, 0.2) is 0 Å². The van der Waals surface area contributed by atoms with Crippen LogP contribution in [0, 0.1) is 11.8 Å². The maximum absolute atomic E-state index is 2.72. The third-order valence-electron chi connectivity index (χ3n) is 4.59. The van der Waals surface area contributed by atoms with Gasteiger partial charge in [0.2, 0.25) is 0 Å². The van der Waals surface area contributed by atoms with Gasteiger partial charge in [-0.3, -0.25) is 0 Å². The molecule has 0 radical (unpaired) electrons. The van der Waals surface area contributed by atoms with Crippen LogP contribution in [0.3, 0.4) is 0 Å².